The molecule has 0 bridgehead atoms. The molecule has 58 valence electrons. The van der Waals surface area contributed by atoms with E-state index >= 15 is 0 Å². The van der Waals surface area contributed by atoms with Crippen molar-refractivity contribution >= 4 is 55.1 Å². The molecule has 9 heavy (non-hydrogen) atoms. The van der Waals surface area contributed by atoms with Crippen LogP contribution in [0.3, 0.4) is 0 Å². The van der Waals surface area contributed by atoms with Crippen molar-refractivity contribution in [3.63, 3.8) is 0 Å². The second-order valence-electron chi connectivity index (χ2n) is 1.31. The molecule has 0 nitrogen and oxygen atoms in total. The Morgan fingerprint density at radius 2 is 1.56 bits per heavy atom. The summed E-state index contributed by atoms with van der Waals surface area (Å²) in [7, 11) is 0. The van der Waals surface area contributed by atoms with E-state index in [0.29, 0.717) is 5.88 Å². The van der Waals surface area contributed by atoms with Gasteiger partial charge in [-0.15, -0.1) is 23.2 Å². The average Bonchev–Trinajstić information content (AvgIpc) is 1.89. The average molecular weight is 301 g/mol. The van der Waals surface area contributed by atoms with Crippen LogP contribution in [0.1, 0.15) is 6.92 Å². The third kappa shape index (κ3) is 26.3. The Labute approximate surface area is 83.5 Å². The number of halogens is 4. The van der Waals surface area contributed by atoms with Crippen LogP contribution in [0.2, 0.25) is 0 Å². The summed E-state index contributed by atoms with van der Waals surface area (Å²) in [6.45, 7) is 1.86. The predicted molar refractivity (Wildman–Crippen MR) is 53.6 cm³/mol. The van der Waals surface area contributed by atoms with Crippen LogP contribution >= 0.6 is 55.1 Å². The molecule has 1 unspecified atom stereocenters. The van der Waals surface area contributed by atoms with Crippen LogP contribution in [0.4, 0.5) is 0 Å². The Balaban J connectivity index is 0. The minimum atomic E-state index is 0.122. The Morgan fingerprint density at radius 3 is 1.56 bits per heavy atom. The second kappa shape index (κ2) is 12.2. The zero-order chi connectivity index (χ0) is 7.70. The molecule has 0 aromatic carbocycles. The quantitative estimate of drug-likeness (QED) is 0.683. The minimum absolute atomic E-state index is 0.122. The van der Waals surface area contributed by atoms with E-state index in [1.807, 2.05) is 6.92 Å². The van der Waals surface area contributed by atoms with E-state index in [1.165, 1.54) is 0 Å². The summed E-state index contributed by atoms with van der Waals surface area (Å²) in [5, 5.41) is 2.22. The van der Waals surface area contributed by atoms with Crippen LogP contribution in [-0.2, 0) is 0 Å². The summed E-state index contributed by atoms with van der Waals surface area (Å²) in [5.41, 5.74) is 0. The molecule has 0 aliphatic heterocycles. The summed E-state index contributed by atoms with van der Waals surface area (Å²) in [5.74, 6) is 0.543. The van der Waals surface area contributed by atoms with Gasteiger partial charge in [0.25, 0.3) is 0 Å². The molecule has 4 heteroatoms. The maximum absolute atomic E-state index is 5.33. The van der Waals surface area contributed by atoms with Crippen molar-refractivity contribution in [1.82, 2.24) is 0 Å². The van der Waals surface area contributed by atoms with Gasteiger partial charge in [-0.25, -0.2) is 0 Å². The highest BCUT2D eigenvalue weighted by Gasteiger charge is 1.85. The van der Waals surface area contributed by atoms with Gasteiger partial charge in [0.15, 0.2) is 0 Å². The van der Waals surface area contributed by atoms with Gasteiger partial charge in [0.2, 0.25) is 0 Å². The Morgan fingerprint density at radius 1 is 1.33 bits per heavy atom. The SMILES string of the molecule is BrCCBr.CC(Cl)CCl. The van der Waals surface area contributed by atoms with E-state index in [4.69, 9.17) is 23.2 Å². The molecule has 0 fully saturated rings. The molecule has 0 rings (SSSR count). The normalized spacial score (nSPS) is 11.7. The van der Waals surface area contributed by atoms with Crippen LogP contribution < -0.4 is 0 Å². The van der Waals surface area contributed by atoms with Gasteiger partial charge in [0.1, 0.15) is 0 Å². The van der Waals surface area contributed by atoms with Crippen molar-refractivity contribution in [2.24, 2.45) is 0 Å². The van der Waals surface area contributed by atoms with Gasteiger partial charge >= 0.3 is 0 Å². The highest BCUT2D eigenvalue weighted by atomic mass is 79.9. The maximum Gasteiger partial charge on any atom is 0.0443 e. The fraction of sp³-hybridized carbons (Fsp3) is 1.00. The largest absolute Gasteiger partial charge is 0.125 e. The van der Waals surface area contributed by atoms with E-state index in [1.54, 1.807) is 0 Å². The molecule has 0 spiro atoms. The highest BCUT2D eigenvalue weighted by molar-refractivity contribution is 9.11. The van der Waals surface area contributed by atoms with Gasteiger partial charge in [-0.2, -0.15) is 0 Å². The van der Waals surface area contributed by atoms with Gasteiger partial charge < -0.3 is 0 Å². The summed E-state index contributed by atoms with van der Waals surface area (Å²) >= 11 is 16.9. The van der Waals surface area contributed by atoms with Crippen molar-refractivity contribution in [1.29, 1.82) is 0 Å². The molecule has 1 atom stereocenters. The number of hydrogen-bond acceptors (Lipinski definition) is 0. The van der Waals surface area contributed by atoms with E-state index in [-0.39, 0.29) is 5.38 Å². The third-order valence-corrected chi connectivity index (χ3v) is 2.92. The van der Waals surface area contributed by atoms with Gasteiger partial charge in [-0.3, -0.25) is 0 Å². The first kappa shape index (κ1) is 13.2. The second-order valence-corrected chi connectivity index (χ2v) is 3.95. The third-order valence-electron chi connectivity index (χ3n) is 0.284. The van der Waals surface area contributed by atoms with Crippen molar-refractivity contribution in [2.45, 2.75) is 12.3 Å². The van der Waals surface area contributed by atoms with E-state index < -0.39 is 0 Å². The lowest BCUT2D eigenvalue weighted by Crippen LogP contribution is -1.87. The Hall–Kier alpha value is 1.54. The zero-order valence-electron chi connectivity index (χ0n) is 5.21. The molecular formula is C5H10Br2Cl2. The lowest BCUT2D eigenvalue weighted by Gasteiger charge is -1.85. The molecule has 0 aromatic heterocycles. The van der Waals surface area contributed by atoms with Crippen molar-refractivity contribution in [3.05, 3.63) is 0 Å². The number of alkyl halides is 4. The molecule has 0 heterocycles. The predicted octanol–water partition coefficient (Wildman–Crippen LogP) is 3.63. The summed E-state index contributed by atoms with van der Waals surface area (Å²) < 4.78 is 0. The monoisotopic (exact) mass is 298 g/mol. The highest BCUT2D eigenvalue weighted by Crippen LogP contribution is 1.93. The fourth-order valence-electron chi connectivity index (χ4n) is 0. The Kier molecular flexibility index (Phi) is 17.9. The standard InChI is InChI=1S/C3H6Cl2.C2H4Br2/c1-3(5)2-4;3-1-2-4/h3H,2H2,1H3;1-2H2. The van der Waals surface area contributed by atoms with Gasteiger partial charge in [-0.1, -0.05) is 31.9 Å². The molecule has 0 aliphatic rings. The van der Waals surface area contributed by atoms with E-state index in [0.717, 1.165) is 10.7 Å². The fourth-order valence-corrected chi connectivity index (χ4v) is 0. The number of rotatable bonds is 2. The molecule has 0 saturated heterocycles. The van der Waals surface area contributed by atoms with Crippen LogP contribution in [0.5, 0.6) is 0 Å². The van der Waals surface area contributed by atoms with Gasteiger partial charge in [0, 0.05) is 21.9 Å². The van der Waals surface area contributed by atoms with Crippen LogP contribution in [-0.4, -0.2) is 21.9 Å². The molecular weight excluding hydrogens is 291 g/mol. The van der Waals surface area contributed by atoms with Gasteiger partial charge in [0.05, 0.1) is 0 Å². The first-order valence-corrected chi connectivity index (χ1v) is 5.72. The molecule has 0 aromatic rings. The maximum atomic E-state index is 5.33. The van der Waals surface area contributed by atoms with Crippen LogP contribution in [0.15, 0.2) is 0 Å². The molecule has 0 amide bonds. The smallest absolute Gasteiger partial charge is 0.0443 e. The van der Waals surface area contributed by atoms with Crippen LogP contribution in [0.25, 0.3) is 0 Å². The van der Waals surface area contributed by atoms with E-state index in [2.05, 4.69) is 31.9 Å². The summed E-state index contributed by atoms with van der Waals surface area (Å²) in [4.78, 5) is 0. The number of hydrogen-bond donors (Lipinski definition) is 0. The summed E-state index contributed by atoms with van der Waals surface area (Å²) in [6.07, 6.45) is 0. The van der Waals surface area contributed by atoms with Crippen molar-refractivity contribution < 1.29 is 0 Å². The van der Waals surface area contributed by atoms with Crippen LogP contribution in [0, 0.1) is 0 Å². The first-order chi connectivity index (χ1) is 4.18. The lowest BCUT2D eigenvalue weighted by atomic mass is 10.6. The van der Waals surface area contributed by atoms with Crippen molar-refractivity contribution in [3.8, 4) is 0 Å². The van der Waals surface area contributed by atoms with Crippen molar-refractivity contribution in [2.75, 3.05) is 16.5 Å². The molecule has 0 saturated carbocycles. The summed E-state index contributed by atoms with van der Waals surface area (Å²) in [6, 6.07) is 0. The van der Waals surface area contributed by atoms with Gasteiger partial charge in [-0.05, 0) is 6.92 Å². The first-order valence-electron chi connectivity index (χ1n) is 2.51. The zero-order valence-corrected chi connectivity index (χ0v) is 9.89. The molecule has 0 N–H and O–H groups in total. The van der Waals surface area contributed by atoms with E-state index in [9.17, 15) is 0 Å². The minimum Gasteiger partial charge on any atom is -0.125 e. The molecule has 0 aliphatic carbocycles. The molecule has 0 radical (unpaired) electrons. The lowest BCUT2D eigenvalue weighted by molar-refractivity contribution is 1.11. The topological polar surface area (TPSA) is 0 Å². The Bertz CT molecular complexity index is 39.9.